The van der Waals surface area contributed by atoms with Crippen molar-refractivity contribution in [3.05, 3.63) is 40.6 Å². The van der Waals surface area contributed by atoms with Crippen molar-refractivity contribution in [3.8, 4) is 11.5 Å². The first kappa shape index (κ1) is 16.6. The maximum atomic E-state index is 5.62. The van der Waals surface area contributed by atoms with E-state index in [1.165, 1.54) is 5.56 Å². The molecule has 2 aliphatic rings. The molecule has 3 heterocycles. The van der Waals surface area contributed by atoms with Crippen molar-refractivity contribution in [2.75, 3.05) is 38.3 Å². The largest absolute Gasteiger partial charge is 0.454 e. The molecule has 0 bridgehead atoms. The minimum absolute atomic E-state index is 0.287. The number of hydrogen-bond acceptors (Lipinski definition) is 5. The zero-order valence-electron chi connectivity index (χ0n) is 13.9. The molecule has 0 unspecified atom stereocenters. The summed E-state index contributed by atoms with van der Waals surface area (Å²) >= 11 is 7.39. The Balaban J connectivity index is 1.33. The monoisotopic (exact) mass is 375 g/mol. The molecule has 1 N–H and O–H groups in total. The number of thiophene rings is 1. The van der Waals surface area contributed by atoms with Gasteiger partial charge < -0.3 is 19.7 Å². The van der Waals surface area contributed by atoms with Crippen LogP contribution in [0.25, 0.3) is 0 Å². The fourth-order valence-corrected chi connectivity index (χ4v) is 4.11. The van der Waals surface area contributed by atoms with Gasteiger partial charge in [-0.2, -0.15) is 11.3 Å². The molecule has 7 heteroatoms. The van der Waals surface area contributed by atoms with Crippen LogP contribution in [0.1, 0.15) is 12.0 Å². The zero-order valence-corrected chi connectivity index (χ0v) is 15.6. The van der Waals surface area contributed by atoms with Gasteiger partial charge in [-0.15, -0.1) is 0 Å². The van der Waals surface area contributed by atoms with Crippen molar-refractivity contribution in [2.45, 2.75) is 13.0 Å². The molecule has 0 atom stereocenters. The highest BCUT2D eigenvalue weighted by atomic mass is 32.1. The van der Waals surface area contributed by atoms with Gasteiger partial charge in [-0.05, 0) is 53.2 Å². The lowest BCUT2D eigenvalue weighted by Gasteiger charge is -2.24. The number of thiocarbonyl (C=S) groups is 1. The summed E-state index contributed by atoms with van der Waals surface area (Å²) in [5.74, 6) is 1.56. The van der Waals surface area contributed by atoms with E-state index in [0.29, 0.717) is 0 Å². The second-order valence-corrected chi connectivity index (χ2v) is 7.41. The summed E-state index contributed by atoms with van der Waals surface area (Å²) in [5.41, 5.74) is 2.34. The molecule has 5 nitrogen and oxygen atoms in total. The lowest BCUT2D eigenvalue weighted by Crippen LogP contribution is -2.37. The van der Waals surface area contributed by atoms with Gasteiger partial charge in [0.15, 0.2) is 16.6 Å². The molecule has 1 fully saturated rings. The Morgan fingerprint density at radius 2 is 2.04 bits per heavy atom. The number of rotatable bonds is 3. The molecule has 25 heavy (non-hydrogen) atoms. The Bertz CT molecular complexity index is 736. The van der Waals surface area contributed by atoms with Crippen LogP contribution in [-0.4, -0.2) is 47.9 Å². The van der Waals surface area contributed by atoms with E-state index in [1.54, 1.807) is 11.3 Å². The van der Waals surface area contributed by atoms with Gasteiger partial charge >= 0.3 is 0 Å². The average Bonchev–Trinajstić information content (AvgIpc) is 3.23. The topological polar surface area (TPSA) is 37.0 Å². The Hall–Kier alpha value is -1.83. The van der Waals surface area contributed by atoms with Crippen molar-refractivity contribution in [2.24, 2.45) is 0 Å². The van der Waals surface area contributed by atoms with Crippen molar-refractivity contribution in [1.29, 1.82) is 0 Å². The van der Waals surface area contributed by atoms with Crippen molar-refractivity contribution >= 4 is 34.4 Å². The summed E-state index contributed by atoms with van der Waals surface area (Å²) in [6, 6.07) is 8.04. The van der Waals surface area contributed by atoms with Gasteiger partial charge in [-0.25, -0.2) is 0 Å². The van der Waals surface area contributed by atoms with Crippen molar-refractivity contribution in [3.63, 3.8) is 0 Å². The van der Waals surface area contributed by atoms with Crippen LogP contribution >= 0.6 is 23.6 Å². The standard InChI is InChI=1S/C18H21N3O2S2/c24-18(19-15-2-3-16-17(10-15)23-13-22-16)21-6-1-5-20(7-8-21)11-14-4-9-25-12-14/h2-4,9-10,12H,1,5-8,11,13H2,(H,19,24). The second kappa shape index (κ2) is 7.59. The predicted octanol–water partition coefficient (Wildman–Crippen LogP) is 3.38. The number of hydrogen-bond donors (Lipinski definition) is 1. The molecule has 2 aromatic rings. The third kappa shape index (κ3) is 4.05. The summed E-state index contributed by atoms with van der Waals surface area (Å²) in [7, 11) is 0. The Morgan fingerprint density at radius 3 is 2.92 bits per heavy atom. The Labute approximate surface area is 157 Å². The van der Waals surface area contributed by atoms with E-state index in [9.17, 15) is 0 Å². The Morgan fingerprint density at radius 1 is 1.12 bits per heavy atom. The zero-order chi connectivity index (χ0) is 17.1. The molecule has 0 saturated carbocycles. The minimum atomic E-state index is 0.287. The lowest BCUT2D eigenvalue weighted by molar-refractivity contribution is 0.174. The van der Waals surface area contributed by atoms with E-state index in [2.05, 4.69) is 31.9 Å². The van der Waals surface area contributed by atoms with Crippen molar-refractivity contribution in [1.82, 2.24) is 9.80 Å². The Kier molecular flexibility index (Phi) is 5.05. The molecule has 1 saturated heterocycles. The second-order valence-electron chi connectivity index (χ2n) is 6.25. The van der Waals surface area contributed by atoms with E-state index in [1.807, 2.05) is 18.2 Å². The molecule has 1 aromatic carbocycles. The minimum Gasteiger partial charge on any atom is -0.454 e. The van der Waals surface area contributed by atoms with Gasteiger partial charge in [-0.3, -0.25) is 4.90 Å². The van der Waals surface area contributed by atoms with Crippen LogP contribution in [0.15, 0.2) is 35.0 Å². The molecular formula is C18H21N3O2S2. The molecule has 2 aliphatic heterocycles. The van der Waals surface area contributed by atoms with Gasteiger partial charge in [-0.1, -0.05) is 0 Å². The fraction of sp³-hybridized carbons (Fsp3) is 0.389. The number of benzene rings is 1. The molecule has 0 amide bonds. The number of nitrogens with one attached hydrogen (secondary N) is 1. The number of nitrogens with zero attached hydrogens (tertiary/aromatic N) is 2. The van der Waals surface area contributed by atoms with Crippen LogP contribution in [0, 0.1) is 0 Å². The first-order valence-electron chi connectivity index (χ1n) is 8.47. The molecule has 1 aromatic heterocycles. The van der Waals surface area contributed by atoms with Gasteiger partial charge in [0.05, 0.1) is 0 Å². The summed E-state index contributed by atoms with van der Waals surface area (Å²) in [6.07, 6.45) is 1.12. The van der Waals surface area contributed by atoms with Gasteiger partial charge in [0.25, 0.3) is 0 Å². The SMILES string of the molecule is S=C(Nc1ccc2c(c1)OCO2)N1CCCN(Cc2ccsc2)CC1. The van der Waals surface area contributed by atoms with Crippen LogP contribution in [0.5, 0.6) is 11.5 Å². The van der Waals surface area contributed by atoms with Crippen LogP contribution < -0.4 is 14.8 Å². The van der Waals surface area contributed by atoms with Crippen LogP contribution in [0.2, 0.25) is 0 Å². The third-order valence-electron chi connectivity index (χ3n) is 4.49. The summed E-state index contributed by atoms with van der Waals surface area (Å²) in [6.45, 7) is 5.38. The molecule has 0 spiro atoms. The first-order chi connectivity index (χ1) is 12.3. The smallest absolute Gasteiger partial charge is 0.231 e. The van der Waals surface area contributed by atoms with Crippen LogP contribution in [0.3, 0.4) is 0 Å². The van der Waals surface area contributed by atoms with Crippen LogP contribution in [0.4, 0.5) is 5.69 Å². The van der Waals surface area contributed by atoms with Gasteiger partial charge in [0, 0.05) is 44.5 Å². The summed E-state index contributed by atoms with van der Waals surface area (Å²) in [4.78, 5) is 4.76. The maximum Gasteiger partial charge on any atom is 0.231 e. The van der Waals surface area contributed by atoms with Crippen LogP contribution in [-0.2, 0) is 6.54 Å². The van der Waals surface area contributed by atoms with E-state index in [4.69, 9.17) is 21.7 Å². The van der Waals surface area contributed by atoms with Gasteiger partial charge in [0.2, 0.25) is 6.79 Å². The maximum absolute atomic E-state index is 5.62. The van der Waals surface area contributed by atoms with E-state index >= 15 is 0 Å². The average molecular weight is 376 g/mol. The quantitative estimate of drug-likeness (QED) is 0.829. The van der Waals surface area contributed by atoms with E-state index in [0.717, 1.165) is 61.4 Å². The number of anilines is 1. The predicted molar refractivity (Wildman–Crippen MR) is 105 cm³/mol. The highest BCUT2D eigenvalue weighted by Gasteiger charge is 2.18. The van der Waals surface area contributed by atoms with E-state index < -0.39 is 0 Å². The summed E-state index contributed by atoms with van der Waals surface area (Å²) < 4.78 is 10.8. The molecular weight excluding hydrogens is 354 g/mol. The lowest BCUT2D eigenvalue weighted by atomic mass is 10.3. The first-order valence-corrected chi connectivity index (χ1v) is 9.82. The fourth-order valence-electron chi connectivity index (χ4n) is 3.15. The summed E-state index contributed by atoms with van der Waals surface area (Å²) in [5, 5.41) is 8.48. The molecule has 132 valence electrons. The number of ether oxygens (including phenoxy) is 2. The molecule has 4 rings (SSSR count). The highest BCUT2D eigenvalue weighted by Crippen LogP contribution is 2.34. The number of fused-ring (bicyclic) bond motifs is 1. The normalized spacial score (nSPS) is 17.4. The molecule has 0 aliphatic carbocycles. The highest BCUT2D eigenvalue weighted by molar-refractivity contribution is 7.80. The molecule has 0 radical (unpaired) electrons. The van der Waals surface area contributed by atoms with Crippen molar-refractivity contribution < 1.29 is 9.47 Å². The van der Waals surface area contributed by atoms with E-state index in [-0.39, 0.29) is 6.79 Å². The third-order valence-corrected chi connectivity index (χ3v) is 5.58. The van der Waals surface area contributed by atoms with Gasteiger partial charge in [0.1, 0.15) is 0 Å².